The number of carbonyl (C=O) groups is 2. The minimum Gasteiger partial charge on any atom is -0.391 e. The molecule has 3 N–H and O–H groups in total. The van der Waals surface area contributed by atoms with Crippen LogP contribution in [0.3, 0.4) is 0 Å². The molecule has 2 aromatic carbocycles. The molecule has 1 aromatic heterocycles. The van der Waals surface area contributed by atoms with E-state index < -0.39 is 29.9 Å². The fraction of sp³-hybridized carbons (Fsp3) is 0.333. The third kappa shape index (κ3) is 5.28. The molecule has 1 aliphatic rings. The Morgan fingerprint density at radius 2 is 2.03 bits per heavy atom. The van der Waals surface area contributed by atoms with Gasteiger partial charge in [0.25, 0.3) is 5.91 Å². The van der Waals surface area contributed by atoms with Gasteiger partial charge in [0.2, 0.25) is 11.9 Å². The molecule has 3 aromatic rings. The molecule has 0 radical (unpaired) electrons. The van der Waals surface area contributed by atoms with E-state index in [9.17, 15) is 19.1 Å². The largest absolute Gasteiger partial charge is 0.391 e. The summed E-state index contributed by atoms with van der Waals surface area (Å²) >= 11 is 6.30. The highest BCUT2D eigenvalue weighted by molar-refractivity contribution is 6.33. The van der Waals surface area contributed by atoms with E-state index in [1.165, 1.54) is 17.2 Å². The Morgan fingerprint density at radius 1 is 1.27 bits per heavy atom. The summed E-state index contributed by atoms with van der Waals surface area (Å²) in [6.07, 6.45) is 0.799. The van der Waals surface area contributed by atoms with Crippen LogP contribution >= 0.6 is 11.6 Å². The number of carbonyl (C=O) groups excluding carboxylic acids is 2. The molecule has 0 spiro atoms. The number of hydrogen-bond donors (Lipinski definition) is 3. The Balaban J connectivity index is 1.56. The van der Waals surface area contributed by atoms with Crippen molar-refractivity contribution in [3.05, 3.63) is 75.7 Å². The van der Waals surface area contributed by atoms with Crippen LogP contribution in [-0.2, 0) is 11.3 Å². The first kappa shape index (κ1) is 26.5. The van der Waals surface area contributed by atoms with Gasteiger partial charge in [0.1, 0.15) is 11.9 Å². The van der Waals surface area contributed by atoms with E-state index in [4.69, 9.17) is 11.6 Å². The molecule has 3 atom stereocenters. The van der Waals surface area contributed by atoms with Gasteiger partial charge in [-0.2, -0.15) is 0 Å². The molecule has 1 aliphatic heterocycles. The number of benzene rings is 2. The van der Waals surface area contributed by atoms with Gasteiger partial charge in [0, 0.05) is 30.3 Å². The molecule has 0 fully saturated rings. The number of nitrogens with zero attached hydrogens (tertiary/aromatic N) is 3. The minimum absolute atomic E-state index is 0.207. The fourth-order valence-corrected chi connectivity index (χ4v) is 4.61. The van der Waals surface area contributed by atoms with Gasteiger partial charge in [-0.15, -0.1) is 0 Å². The first-order chi connectivity index (χ1) is 17.6. The van der Waals surface area contributed by atoms with E-state index >= 15 is 0 Å². The van der Waals surface area contributed by atoms with Crippen LogP contribution in [0, 0.1) is 12.7 Å². The standard InChI is InChI=1S/C27H29ClFN5O3/c1-5-22(35)24(19-10-14(2)6-9-21(19)29)32-25(36)15(3)34-13-17-8-7-16(11-18(17)26(34)37)23-20(28)12-31-27(30-4)33-23/h6-12,15,22,24,35H,5,13H2,1-4H3,(H,32,36)(H,30,31,33). The molecular formula is C27H29ClFN5O3. The number of fused-ring (bicyclic) bond motifs is 1. The zero-order valence-corrected chi connectivity index (χ0v) is 21.8. The number of amides is 2. The lowest BCUT2D eigenvalue weighted by Gasteiger charge is -2.29. The van der Waals surface area contributed by atoms with Gasteiger partial charge in [0.05, 0.1) is 29.1 Å². The molecule has 0 saturated heterocycles. The lowest BCUT2D eigenvalue weighted by atomic mass is 9.97. The van der Waals surface area contributed by atoms with Gasteiger partial charge >= 0.3 is 0 Å². The zero-order valence-electron chi connectivity index (χ0n) is 21.0. The van der Waals surface area contributed by atoms with Gasteiger partial charge < -0.3 is 20.6 Å². The van der Waals surface area contributed by atoms with Crippen molar-refractivity contribution >= 4 is 29.4 Å². The molecule has 3 unspecified atom stereocenters. The summed E-state index contributed by atoms with van der Waals surface area (Å²) in [5.41, 5.74) is 3.36. The zero-order chi connectivity index (χ0) is 26.9. The molecular weight excluding hydrogens is 497 g/mol. The second-order valence-electron chi connectivity index (χ2n) is 9.11. The molecule has 4 rings (SSSR count). The number of nitrogens with one attached hydrogen (secondary N) is 2. The van der Waals surface area contributed by atoms with Gasteiger partial charge in [-0.3, -0.25) is 9.59 Å². The summed E-state index contributed by atoms with van der Waals surface area (Å²) in [7, 11) is 1.70. The summed E-state index contributed by atoms with van der Waals surface area (Å²) < 4.78 is 14.6. The van der Waals surface area contributed by atoms with Crippen LogP contribution in [0.1, 0.15) is 53.4 Å². The van der Waals surface area contributed by atoms with E-state index in [1.807, 2.05) is 19.1 Å². The van der Waals surface area contributed by atoms with Crippen molar-refractivity contribution in [2.24, 2.45) is 0 Å². The summed E-state index contributed by atoms with van der Waals surface area (Å²) in [6.45, 7) is 5.42. The number of aliphatic hydroxyl groups is 1. The van der Waals surface area contributed by atoms with Crippen LogP contribution in [0.4, 0.5) is 10.3 Å². The van der Waals surface area contributed by atoms with Gasteiger partial charge in [0.15, 0.2) is 0 Å². The second kappa shape index (κ2) is 10.8. The van der Waals surface area contributed by atoms with Crippen LogP contribution in [0.25, 0.3) is 11.3 Å². The number of hydrogen-bond acceptors (Lipinski definition) is 6. The number of aliphatic hydroxyl groups excluding tert-OH is 1. The Hall–Kier alpha value is -3.56. The highest BCUT2D eigenvalue weighted by Crippen LogP contribution is 2.32. The number of halogens is 2. The van der Waals surface area contributed by atoms with Crippen LogP contribution in [0.15, 0.2) is 42.6 Å². The van der Waals surface area contributed by atoms with E-state index in [0.29, 0.717) is 34.2 Å². The number of aryl methyl sites for hydroxylation is 1. The van der Waals surface area contributed by atoms with Crippen molar-refractivity contribution in [3.63, 3.8) is 0 Å². The summed E-state index contributed by atoms with van der Waals surface area (Å²) in [5, 5.41) is 16.6. The van der Waals surface area contributed by atoms with E-state index in [1.54, 1.807) is 39.1 Å². The molecule has 0 aliphatic carbocycles. The molecule has 10 heteroatoms. The lowest BCUT2D eigenvalue weighted by Crippen LogP contribution is -2.48. The van der Waals surface area contributed by atoms with Crippen LogP contribution < -0.4 is 10.6 Å². The molecule has 37 heavy (non-hydrogen) atoms. The van der Waals surface area contributed by atoms with Gasteiger partial charge in [-0.05, 0) is 38.0 Å². The molecule has 2 heterocycles. The van der Waals surface area contributed by atoms with E-state index in [-0.39, 0.29) is 18.0 Å². The molecule has 8 nitrogen and oxygen atoms in total. The Labute approximate surface area is 219 Å². The first-order valence-electron chi connectivity index (χ1n) is 12.0. The second-order valence-corrected chi connectivity index (χ2v) is 9.52. The fourth-order valence-electron chi connectivity index (χ4n) is 4.41. The van der Waals surface area contributed by atoms with E-state index in [0.717, 1.165) is 11.1 Å². The normalized spacial score (nSPS) is 15.2. The number of anilines is 1. The maximum Gasteiger partial charge on any atom is 0.255 e. The van der Waals surface area contributed by atoms with E-state index in [2.05, 4.69) is 20.6 Å². The van der Waals surface area contributed by atoms with Crippen molar-refractivity contribution in [1.82, 2.24) is 20.2 Å². The van der Waals surface area contributed by atoms with Crippen molar-refractivity contribution in [1.29, 1.82) is 0 Å². The van der Waals surface area contributed by atoms with Crippen LogP contribution in [-0.4, -0.2) is 51.0 Å². The topological polar surface area (TPSA) is 107 Å². The quantitative estimate of drug-likeness (QED) is 0.405. The molecule has 0 saturated carbocycles. The smallest absolute Gasteiger partial charge is 0.255 e. The third-order valence-electron chi connectivity index (χ3n) is 6.62. The summed E-state index contributed by atoms with van der Waals surface area (Å²) in [4.78, 5) is 36.5. The number of rotatable bonds is 8. The van der Waals surface area contributed by atoms with Crippen molar-refractivity contribution in [3.8, 4) is 11.3 Å². The average molecular weight is 526 g/mol. The van der Waals surface area contributed by atoms with Gasteiger partial charge in [-0.25, -0.2) is 14.4 Å². The maximum atomic E-state index is 14.6. The Bertz CT molecular complexity index is 1350. The Kier molecular flexibility index (Phi) is 7.75. The third-order valence-corrected chi connectivity index (χ3v) is 6.89. The van der Waals surface area contributed by atoms with Crippen molar-refractivity contribution < 1.29 is 19.1 Å². The monoisotopic (exact) mass is 525 g/mol. The first-order valence-corrected chi connectivity index (χ1v) is 12.4. The predicted molar refractivity (Wildman–Crippen MR) is 140 cm³/mol. The minimum atomic E-state index is -0.999. The summed E-state index contributed by atoms with van der Waals surface area (Å²) in [5.74, 6) is -0.921. The highest BCUT2D eigenvalue weighted by atomic mass is 35.5. The number of aromatic nitrogens is 2. The van der Waals surface area contributed by atoms with Gasteiger partial charge in [-0.1, -0.05) is 48.4 Å². The lowest BCUT2D eigenvalue weighted by molar-refractivity contribution is -0.126. The summed E-state index contributed by atoms with van der Waals surface area (Å²) in [6, 6.07) is 8.09. The van der Waals surface area contributed by atoms with Crippen molar-refractivity contribution in [2.45, 2.75) is 51.9 Å². The van der Waals surface area contributed by atoms with Crippen LogP contribution in [0.5, 0.6) is 0 Å². The highest BCUT2D eigenvalue weighted by Gasteiger charge is 2.36. The Morgan fingerprint density at radius 3 is 2.73 bits per heavy atom. The maximum absolute atomic E-state index is 14.6. The molecule has 2 amide bonds. The average Bonchev–Trinajstić information content (AvgIpc) is 3.23. The van der Waals surface area contributed by atoms with Crippen molar-refractivity contribution in [2.75, 3.05) is 12.4 Å². The van der Waals surface area contributed by atoms with Crippen LogP contribution in [0.2, 0.25) is 5.02 Å². The SMILES string of the molecule is CCC(O)C(NC(=O)C(C)N1Cc2ccc(-c3nc(NC)ncc3Cl)cc2C1=O)c1cc(C)ccc1F. The predicted octanol–water partition coefficient (Wildman–Crippen LogP) is 4.26. The molecule has 194 valence electrons. The molecule has 0 bridgehead atoms.